The van der Waals surface area contributed by atoms with Gasteiger partial charge in [0.1, 0.15) is 34.6 Å². The molecule has 0 radical (unpaired) electrons. The molecule has 1 N–H and O–H groups in total. The molecule has 200 valence electrons. The molecule has 1 aliphatic rings. The van der Waals surface area contributed by atoms with Crippen LogP contribution in [0.1, 0.15) is 30.7 Å². The van der Waals surface area contributed by atoms with E-state index in [0.29, 0.717) is 46.9 Å². The third-order valence-corrected chi connectivity index (χ3v) is 7.78. The van der Waals surface area contributed by atoms with Crippen LogP contribution in [0.15, 0.2) is 36.5 Å². The van der Waals surface area contributed by atoms with Crippen LogP contribution in [-0.4, -0.2) is 74.6 Å². The highest BCUT2D eigenvalue weighted by atomic mass is 35.5. The van der Waals surface area contributed by atoms with Gasteiger partial charge < -0.3 is 23.7 Å². The van der Waals surface area contributed by atoms with Gasteiger partial charge in [-0.15, -0.1) is 10.2 Å². The van der Waals surface area contributed by atoms with Crippen LogP contribution in [0, 0.1) is 0 Å². The van der Waals surface area contributed by atoms with Gasteiger partial charge in [0, 0.05) is 13.3 Å². The first-order chi connectivity index (χ1) is 17.8. The summed E-state index contributed by atoms with van der Waals surface area (Å²) in [6.07, 6.45) is -0.0586. The van der Waals surface area contributed by atoms with E-state index in [1.54, 1.807) is 30.3 Å². The molecular formula is C23H28ClN5O7S. The molecular weight excluding hydrogens is 526 g/mol. The number of sulfonamides is 1. The molecule has 2 unspecified atom stereocenters. The first-order valence-electron chi connectivity index (χ1n) is 11.3. The maximum atomic E-state index is 13.6. The molecule has 3 atom stereocenters. The summed E-state index contributed by atoms with van der Waals surface area (Å²) >= 11 is 5.94. The number of para-hydroxylation sites is 1. The average molecular weight is 554 g/mol. The lowest BCUT2D eigenvalue weighted by molar-refractivity contribution is -0.0941. The predicted octanol–water partition coefficient (Wildman–Crippen LogP) is 2.94. The monoisotopic (exact) mass is 553 g/mol. The van der Waals surface area contributed by atoms with E-state index in [1.165, 1.54) is 39.0 Å². The average Bonchev–Trinajstić information content (AvgIpc) is 3.32. The fourth-order valence-corrected chi connectivity index (χ4v) is 5.23. The number of ether oxygens (including phenoxy) is 5. The quantitative estimate of drug-likeness (QED) is 0.399. The lowest BCUT2D eigenvalue weighted by Crippen LogP contribution is -2.33. The topological polar surface area (TPSA) is 136 Å². The summed E-state index contributed by atoms with van der Waals surface area (Å²) in [6, 6.07) is 8.41. The minimum atomic E-state index is -4.09. The molecule has 12 nitrogen and oxygen atoms in total. The van der Waals surface area contributed by atoms with Crippen molar-refractivity contribution in [1.29, 1.82) is 0 Å². The molecule has 1 fully saturated rings. The minimum Gasteiger partial charge on any atom is -0.494 e. The van der Waals surface area contributed by atoms with Crippen LogP contribution < -0.4 is 14.2 Å². The zero-order valence-electron chi connectivity index (χ0n) is 20.8. The van der Waals surface area contributed by atoms with Crippen molar-refractivity contribution in [2.45, 2.75) is 24.4 Å². The Morgan fingerprint density at radius 1 is 1.11 bits per heavy atom. The third-order valence-electron chi connectivity index (χ3n) is 5.86. The molecule has 14 heteroatoms. The molecule has 0 saturated carbocycles. The number of nitrogens with zero attached hydrogens (tertiary/aromatic N) is 4. The van der Waals surface area contributed by atoms with Crippen LogP contribution in [0.3, 0.4) is 0 Å². The molecule has 2 aromatic heterocycles. The van der Waals surface area contributed by atoms with Crippen molar-refractivity contribution >= 4 is 27.6 Å². The van der Waals surface area contributed by atoms with E-state index in [-0.39, 0.29) is 12.6 Å². The number of halogens is 1. The predicted molar refractivity (Wildman–Crippen MR) is 135 cm³/mol. The fraction of sp³-hybridized carbons (Fsp3) is 0.435. The van der Waals surface area contributed by atoms with E-state index in [1.807, 2.05) is 0 Å². The van der Waals surface area contributed by atoms with Gasteiger partial charge in [0.2, 0.25) is 16.0 Å². The van der Waals surface area contributed by atoms with Crippen LogP contribution in [0.4, 0.5) is 5.95 Å². The highest BCUT2D eigenvalue weighted by molar-refractivity contribution is 7.93. The number of hydrogen-bond acceptors (Lipinski definition) is 10. The molecule has 3 aromatic rings. The maximum Gasteiger partial charge on any atom is 0.243 e. The van der Waals surface area contributed by atoms with Crippen molar-refractivity contribution in [1.82, 2.24) is 19.7 Å². The summed E-state index contributed by atoms with van der Waals surface area (Å²) in [5.74, 6) is 1.05. The highest BCUT2D eigenvalue weighted by Gasteiger charge is 2.35. The van der Waals surface area contributed by atoms with Gasteiger partial charge >= 0.3 is 0 Å². The number of nitrogens with one attached hydrogen (secondary N) is 1. The normalized spacial score (nSPS) is 17.7. The number of benzene rings is 1. The Kier molecular flexibility index (Phi) is 8.49. The molecule has 37 heavy (non-hydrogen) atoms. The molecule has 1 saturated heterocycles. The Balaban J connectivity index is 1.78. The standard InChI is InChI=1S/C23H28ClN5O7S/c1-14(21(34-4)16-9-8-15(24)12-25-16)37(30,31)28-23-27-26-22(19-13-35-10-11-36-19)29(23)20-17(32-2)6-5-7-18(20)33-3/h5-9,12,14,19,21H,10-11,13H2,1-4H3,(H,27,28)/t14?,19-,21?/m1/s1. The van der Waals surface area contributed by atoms with E-state index >= 15 is 0 Å². The Morgan fingerprint density at radius 3 is 2.41 bits per heavy atom. The van der Waals surface area contributed by atoms with Gasteiger partial charge in [-0.2, -0.15) is 0 Å². The van der Waals surface area contributed by atoms with E-state index in [0.717, 1.165) is 0 Å². The minimum absolute atomic E-state index is 0.0854. The molecule has 0 amide bonds. The van der Waals surface area contributed by atoms with Crippen molar-refractivity contribution in [3.8, 4) is 17.2 Å². The van der Waals surface area contributed by atoms with E-state index in [9.17, 15) is 8.42 Å². The smallest absolute Gasteiger partial charge is 0.243 e. The van der Waals surface area contributed by atoms with E-state index in [4.69, 9.17) is 35.3 Å². The molecule has 4 rings (SSSR count). The van der Waals surface area contributed by atoms with Crippen molar-refractivity contribution < 1.29 is 32.1 Å². The summed E-state index contributed by atoms with van der Waals surface area (Å²) in [7, 11) is 0.309. The van der Waals surface area contributed by atoms with Crippen molar-refractivity contribution in [2.24, 2.45) is 0 Å². The number of rotatable bonds is 10. The molecule has 3 heterocycles. The van der Waals surface area contributed by atoms with E-state index in [2.05, 4.69) is 19.9 Å². The second-order valence-electron chi connectivity index (χ2n) is 8.07. The summed E-state index contributed by atoms with van der Waals surface area (Å²) in [5, 5.41) is 7.76. The van der Waals surface area contributed by atoms with Gasteiger partial charge in [-0.05, 0) is 31.2 Å². The largest absolute Gasteiger partial charge is 0.494 e. The zero-order chi connectivity index (χ0) is 26.6. The maximum absolute atomic E-state index is 13.6. The number of anilines is 1. The van der Waals surface area contributed by atoms with Gasteiger partial charge in [0.05, 0.1) is 44.8 Å². The highest BCUT2D eigenvalue weighted by Crippen LogP contribution is 2.38. The van der Waals surface area contributed by atoms with Gasteiger partial charge in [0.15, 0.2) is 5.82 Å². The number of pyridine rings is 1. The van der Waals surface area contributed by atoms with Crippen molar-refractivity contribution in [3.05, 3.63) is 53.1 Å². The Hall–Kier alpha value is -2.97. The van der Waals surface area contributed by atoms with E-state index < -0.39 is 27.5 Å². The first-order valence-corrected chi connectivity index (χ1v) is 13.2. The molecule has 0 spiro atoms. The van der Waals surface area contributed by atoms with Crippen LogP contribution in [-0.2, 0) is 24.2 Å². The lowest BCUT2D eigenvalue weighted by atomic mass is 10.2. The fourth-order valence-electron chi connectivity index (χ4n) is 3.97. The van der Waals surface area contributed by atoms with Crippen molar-refractivity contribution in [3.63, 3.8) is 0 Å². The van der Waals surface area contributed by atoms with Crippen LogP contribution in [0.2, 0.25) is 5.02 Å². The van der Waals surface area contributed by atoms with Crippen molar-refractivity contribution in [2.75, 3.05) is 45.9 Å². The van der Waals surface area contributed by atoms with Gasteiger partial charge in [-0.1, -0.05) is 17.7 Å². The van der Waals surface area contributed by atoms with Gasteiger partial charge in [0.25, 0.3) is 0 Å². The Morgan fingerprint density at radius 2 is 1.84 bits per heavy atom. The molecule has 1 aliphatic heterocycles. The number of aromatic nitrogens is 4. The summed E-state index contributed by atoms with van der Waals surface area (Å²) < 4.78 is 59.2. The van der Waals surface area contributed by atoms with Gasteiger partial charge in [-0.3, -0.25) is 14.3 Å². The van der Waals surface area contributed by atoms with Crippen LogP contribution >= 0.6 is 11.6 Å². The summed E-state index contributed by atoms with van der Waals surface area (Å²) in [5.41, 5.74) is 0.806. The Bertz CT molecular complexity index is 1290. The molecule has 1 aromatic carbocycles. The van der Waals surface area contributed by atoms with Crippen LogP contribution in [0.5, 0.6) is 11.5 Å². The first kappa shape index (κ1) is 27.1. The SMILES string of the molecule is COc1cccc(OC)c1-n1c(NS(=O)(=O)C(C)C(OC)c2ccc(Cl)cn2)nnc1[C@H]1COCCO1. The number of methoxy groups -OCH3 is 3. The van der Waals surface area contributed by atoms with Crippen LogP contribution in [0.25, 0.3) is 5.69 Å². The zero-order valence-corrected chi connectivity index (χ0v) is 22.3. The second kappa shape index (κ2) is 11.6. The molecule has 0 aliphatic carbocycles. The van der Waals surface area contributed by atoms with Gasteiger partial charge in [-0.25, -0.2) is 8.42 Å². The molecule has 0 bridgehead atoms. The third kappa shape index (κ3) is 5.65. The summed E-state index contributed by atoms with van der Waals surface area (Å²) in [6.45, 7) is 2.52. The lowest BCUT2D eigenvalue weighted by Gasteiger charge is -2.25. The summed E-state index contributed by atoms with van der Waals surface area (Å²) in [4.78, 5) is 4.22. The Labute approximate surface area is 219 Å². The second-order valence-corrected chi connectivity index (χ2v) is 10.5. The number of hydrogen-bond donors (Lipinski definition) is 1.